The van der Waals surface area contributed by atoms with Crippen LogP contribution in [0.2, 0.25) is 0 Å². The maximum absolute atomic E-state index is 8.91. The Labute approximate surface area is 152 Å². The first kappa shape index (κ1) is 18.9. The molecule has 0 unspecified atom stereocenters. The van der Waals surface area contributed by atoms with Crippen LogP contribution in [0, 0.1) is 11.3 Å². The average Bonchev–Trinajstić information content (AvgIpc) is 2.95. The summed E-state index contributed by atoms with van der Waals surface area (Å²) in [7, 11) is 1.85. The highest BCUT2D eigenvalue weighted by Crippen LogP contribution is 2.05. The first-order chi connectivity index (χ1) is 10.7. The van der Waals surface area contributed by atoms with Crippen molar-refractivity contribution >= 4 is 29.9 Å². The van der Waals surface area contributed by atoms with E-state index in [1.807, 2.05) is 32.2 Å². The molecule has 0 bridgehead atoms. The lowest BCUT2D eigenvalue weighted by molar-refractivity contribution is 0.673. The number of hydrogen-bond donors (Lipinski definition) is 2. The molecule has 0 saturated carbocycles. The number of aromatic nitrogens is 3. The van der Waals surface area contributed by atoms with Crippen LogP contribution in [0.25, 0.3) is 0 Å². The zero-order chi connectivity index (χ0) is 15.8. The van der Waals surface area contributed by atoms with E-state index in [1.54, 1.807) is 10.7 Å². The lowest BCUT2D eigenvalue weighted by atomic mass is 10.1. The molecule has 2 rings (SSSR count). The third-order valence-electron chi connectivity index (χ3n) is 3.04. The smallest absolute Gasteiger partial charge is 0.191 e. The molecule has 0 aliphatic rings. The maximum atomic E-state index is 8.91. The number of benzene rings is 1. The molecular formula is C15H20IN7. The highest BCUT2D eigenvalue weighted by atomic mass is 127. The first-order valence-corrected chi connectivity index (χ1v) is 7.07. The molecule has 1 heterocycles. The molecule has 0 aliphatic carbocycles. The molecule has 122 valence electrons. The number of aryl methyl sites for hydroxylation is 1. The largest absolute Gasteiger partial charge is 0.357 e. The Bertz CT molecular complexity index is 687. The van der Waals surface area contributed by atoms with Crippen LogP contribution in [-0.4, -0.2) is 27.3 Å². The fourth-order valence-electron chi connectivity index (χ4n) is 1.89. The highest BCUT2D eigenvalue weighted by Gasteiger charge is 2.03. The molecule has 0 saturated heterocycles. The fraction of sp³-hybridized carbons (Fsp3) is 0.333. The van der Waals surface area contributed by atoms with Crippen molar-refractivity contribution in [3.8, 4) is 6.07 Å². The first-order valence-electron chi connectivity index (χ1n) is 7.07. The summed E-state index contributed by atoms with van der Waals surface area (Å²) in [5, 5.41) is 19.3. The molecule has 8 heteroatoms. The normalized spacial score (nSPS) is 10.6. The monoisotopic (exact) mass is 425 g/mol. The van der Waals surface area contributed by atoms with Crippen molar-refractivity contribution in [3.05, 3.63) is 47.5 Å². The Hall–Kier alpha value is -2.15. The maximum Gasteiger partial charge on any atom is 0.191 e. The van der Waals surface area contributed by atoms with Gasteiger partial charge in [-0.05, 0) is 24.6 Å². The SMILES string of the molecule is CCNC(=NCc1cccc(C#N)c1)NCc1ncnn1C.I. The number of halogens is 1. The molecule has 0 aliphatic heterocycles. The van der Waals surface area contributed by atoms with E-state index in [1.165, 1.54) is 6.33 Å². The van der Waals surface area contributed by atoms with E-state index < -0.39 is 0 Å². The summed E-state index contributed by atoms with van der Waals surface area (Å²) in [5.74, 6) is 1.53. The van der Waals surface area contributed by atoms with E-state index in [2.05, 4.69) is 31.8 Å². The minimum absolute atomic E-state index is 0. The third kappa shape index (κ3) is 5.86. The number of nitrogens with zero attached hydrogens (tertiary/aromatic N) is 5. The minimum Gasteiger partial charge on any atom is -0.357 e. The third-order valence-corrected chi connectivity index (χ3v) is 3.04. The molecule has 0 fully saturated rings. The molecule has 1 aromatic carbocycles. The van der Waals surface area contributed by atoms with Gasteiger partial charge in [-0.1, -0.05) is 12.1 Å². The van der Waals surface area contributed by atoms with Gasteiger partial charge < -0.3 is 10.6 Å². The number of nitrogens with one attached hydrogen (secondary N) is 2. The van der Waals surface area contributed by atoms with E-state index in [0.29, 0.717) is 24.6 Å². The topological polar surface area (TPSA) is 90.9 Å². The van der Waals surface area contributed by atoms with E-state index in [9.17, 15) is 0 Å². The predicted molar refractivity (Wildman–Crippen MR) is 99.2 cm³/mol. The van der Waals surface area contributed by atoms with Gasteiger partial charge in [0.1, 0.15) is 12.2 Å². The molecule has 7 nitrogen and oxygen atoms in total. The Morgan fingerprint density at radius 1 is 1.39 bits per heavy atom. The van der Waals surface area contributed by atoms with Gasteiger partial charge in [-0.25, -0.2) is 9.98 Å². The van der Waals surface area contributed by atoms with Gasteiger partial charge in [0, 0.05) is 13.6 Å². The van der Waals surface area contributed by atoms with Crippen LogP contribution in [0.15, 0.2) is 35.6 Å². The summed E-state index contributed by atoms with van der Waals surface area (Å²) in [6, 6.07) is 9.58. The Balaban J connectivity index is 0.00000264. The van der Waals surface area contributed by atoms with E-state index >= 15 is 0 Å². The fourth-order valence-corrected chi connectivity index (χ4v) is 1.89. The van der Waals surface area contributed by atoms with Gasteiger partial charge in [0.05, 0.1) is 24.7 Å². The molecule has 1 aromatic heterocycles. The lowest BCUT2D eigenvalue weighted by Gasteiger charge is -2.10. The summed E-state index contributed by atoms with van der Waals surface area (Å²) >= 11 is 0. The standard InChI is InChI=1S/C15H19N7.HI/c1-3-17-15(19-10-14-20-11-21-22(14)2)18-9-13-6-4-5-12(7-13)8-16;/h4-7,11H,3,9-10H2,1-2H3,(H2,17,18,19);1H. The van der Waals surface area contributed by atoms with Crippen molar-refractivity contribution in [1.82, 2.24) is 25.4 Å². The summed E-state index contributed by atoms with van der Waals surface area (Å²) in [4.78, 5) is 8.68. The van der Waals surface area contributed by atoms with E-state index in [4.69, 9.17) is 5.26 Å². The zero-order valence-electron chi connectivity index (χ0n) is 13.2. The summed E-state index contributed by atoms with van der Waals surface area (Å²) in [6.07, 6.45) is 1.52. The van der Waals surface area contributed by atoms with Crippen molar-refractivity contribution < 1.29 is 0 Å². The number of rotatable bonds is 5. The number of aliphatic imine (C=N–C) groups is 1. The number of hydrogen-bond acceptors (Lipinski definition) is 4. The second-order valence-electron chi connectivity index (χ2n) is 4.66. The van der Waals surface area contributed by atoms with Gasteiger partial charge in [-0.3, -0.25) is 4.68 Å². The number of guanidine groups is 1. The van der Waals surface area contributed by atoms with Crippen molar-refractivity contribution in [3.63, 3.8) is 0 Å². The minimum atomic E-state index is 0. The van der Waals surface area contributed by atoms with Crippen molar-refractivity contribution in [2.45, 2.75) is 20.0 Å². The van der Waals surface area contributed by atoms with Crippen LogP contribution in [0.5, 0.6) is 0 Å². The van der Waals surface area contributed by atoms with Gasteiger partial charge >= 0.3 is 0 Å². The second kappa shape index (κ2) is 9.78. The summed E-state index contributed by atoms with van der Waals surface area (Å²) < 4.78 is 1.72. The van der Waals surface area contributed by atoms with Crippen LogP contribution < -0.4 is 10.6 Å². The molecule has 2 N–H and O–H groups in total. The van der Waals surface area contributed by atoms with Gasteiger partial charge in [-0.2, -0.15) is 10.4 Å². The highest BCUT2D eigenvalue weighted by molar-refractivity contribution is 14.0. The van der Waals surface area contributed by atoms with E-state index in [0.717, 1.165) is 17.9 Å². The van der Waals surface area contributed by atoms with E-state index in [-0.39, 0.29) is 24.0 Å². The van der Waals surface area contributed by atoms with Crippen molar-refractivity contribution in [1.29, 1.82) is 5.26 Å². The Morgan fingerprint density at radius 3 is 2.87 bits per heavy atom. The van der Waals surface area contributed by atoms with Crippen LogP contribution in [-0.2, 0) is 20.1 Å². The Kier molecular flexibility index (Phi) is 8.04. The molecule has 0 atom stereocenters. The molecule has 23 heavy (non-hydrogen) atoms. The van der Waals surface area contributed by atoms with Gasteiger partial charge in [-0.15, -0.1) is 24.0 Å². The lowest BCUT2D eigenvalue weighted by Crippen LogP contribution is -2.37. The number of nitriles is 1. The van der Waals surface area contributed by atoms with Crippen LogP contribution in [0.1, 0.15) is 23.9 Å². The van der Waals surface area contributed by atoms with Gasteiger partial charge in [0.15, 0.2) is 5.96 Å². The second-order valence-corrected chi connectivity index (χ2v) is 4.66. The van der Waals surface area contributed by atoms with Crippen molar-refractivity contribution in [2.24, 2.45) is 12.0 Å². The summed E-state index contributed by atoms with van der Waals surface area (Å²) in [5.41, 5.74) is 1.64. The predicted octanol–water partition coefficient (Wildman–Crippen LogP) is 1.56. The molecular weight excluding hydrogens is 405 g/mol. The molecule has 0 radical (unpaired) electrons. The molecule has 0 spiro atoms. The van der Waals surface area contributed by atoms with Crippen LogP contribution in [0.3, 0.4) is 0 Å². The van der Waals surface area contributed by atoms with Crippen LogP contribution >= 0.6 is 24.0 Å². The van der Waals surface area contributed by atoms with Crippen LogP contribution in [0.4, 0.5) is 0 Å². The van der Waals surface area contributed by atoms with Crippen molar-refractivity contribution in [2.75, 3.05) is 6.54 Å². The summed E-state index contributed by atoms with van der Waals surface area (Å²) in [6.45, 7) is 3.82. The quantitative estimate of drug-likeness (QED) is 0.431. The molecule has 0 amide bonds. The van der Waals surface area contributed by atoms with Gasteiger partial charge in [0.25, 0.3) is 0 Å². The average molecular weight is 425 g/mol. The Morgan fingerprint density at radius 2 is 2.22 bits per heavy atom. The molecule has 2 aromatic rings. The van der Waals surface area contributed by atoms with Gasteiger partial charge in [0.2, 0.25) is 0 Å². The zero-order valence-corrected chi connectivity index (χ0v) is 15.5.